The lowest BCUT2D eigenvalue weighted by Crippen LogP contribution is -2.33. The molecule has 2 rings (SSSR count). The predicted octanol–water partition coefficient (Wildman–Crippen LogP) is 1.82. The van der Waals surface area contributed by atoms with Crippen LogP contribution in [0.3, 0.4) is 0 Å². The monoisotopic (exact) mass is 255 g/mol. The van der Waals surface area contributed by atoms with E-state index in [0.29, 0.717) is 12.2 Å². The van der Waals surface area contributed by atoms with Gasteiger partial charge in [0.2, 0.25) is 0 Å². The zero-order valence-corrected chi connectivity index (χ0v) is 10.7. The molecule has 0 spiro atoms. The van der Waals surface area contributed by atoms with Crippen LogP contribution < -0.4 is 4.74 Å². The van der Waals surface area contributed by atoms with Crippen LogP contribution in [0.2, 0.25) is 0 Å². The van der Waals surface area contributed by atoms with E-state index in [0.717, 1.165) is 19.3 Å². The Kier molecular flexibility index (Phi) is 3.66. The smallest absolute Gasteiger partial charge is 0.150 e. The number of nitrogens with zero attached hydrogens (tertiary/aromatic N) is 1. The van der Waals surface area contributed by atoms with Crippen molar-refractivity contribution in [2.45, 2.75) is 37.0 Å². The Bertz CT molecular complexity index is 458. The van der Waals surface area contributed by atoms with Crippen molar-refractivity contribution in [1.82, 2.24) is 4.98 Å². The molecule has 1 aliphatic rings. The van der Waals surface area contributed by atoms with Gasteiger partial charge in [0.1, 0.15) is 21.7 Å². The second-order valence-electron chi connectivity index (χ2n) is 4.55. The summed E-state index contributed by atoms with van der Waals surface area (Å²) in [5, 5.41) is -0.252. The fourth-order valence-electron chi connectivity index (χ4n) is 2.21. The van der Waals surface area contributed by atoms with Gasteiger partial charge in [-0.25, -0.2) is 8.42 Å². The maximum atomic E-state index is 11.5. The zero-order valence-electron chi connectivity index (χ0n) is 9.87. The molecule has 0 amide bonds. The summed E-state index contributed by atoms with van der Waals surface area (Å²) in [6.45, 7) is 0. The Labute approximate surface area is 102 Å². The van der Waals surface area contributed by atoms with E-state index in [1.165, 1.54) is 6.26 Å². The maximum Gasteiger partial charge on any atom is 0.150 e. The van der Waals surface area contributed by atoms with Crippen molar-refractivity contribution in [3.8, 4) is 5.75 Å². The third-order valence-corrected chi connectivity index (χ3v) is 4.76. The molecule has 94 valence electrons. The molecule has 2 unspecified atom stereocenters. The van der Waals surface area contributed by atoms with Crippen LogP contribution >= 0.6 is 0 Å². The van der Waals surface area contributed by atoms with E-state index in [9.17, 15) is 8.42 Å². The van der Waals surface area contributed by atoms with Crippen molar-refractivity contribution in [3.05, 3.63) is 24.5 Å². The van der Waals surface area contributed by atoms with Crippen LogP contribution in [-0.2, 0) is 9.84 Å². The number of rotatable bonds is 3. The van der Waals surface area contributed by atoms with Crippen LogP contribution in [0.4, 0.5) is 0 Å². The van der Waals surface area contributed by atoms with Crippen molar-refractivity contribution in [2.24, 2.45) is 0 Å². The summed E-state index contributed by atoms with van der Waals surface area (Å²) >= 11 is 0. The lowest BCUT2D eigenvalue weighted by Gasteiger charge is -2.28. The third kappa shape index (κ3) is 3.43. The summed E-state index contributed by atoms with van der Waals surface area (Å²) in [5.74, 6) is 0.714. The molecule has 1 saturated carbocycles. The molecule has 0 aromatic carbocycles. The highest BCUT2D eigenvalue weighted by atomic mass is 32.2. The minimum Gasteiger partial charge on any atom is -0.489 e. The molecule has 1 aliphatic carbocycles. The first-order valence-corrected chi connectivity index (χ1v) is 7.77. The quantitative estimate of drug-likeness (QED) is 0.826. The second-order valence-corrected chi connectivity index (χ2v) is 6.87. The van der Waals surface area contributed by atoms with Crippen LogP contribution in [0.1, 0.15) is 25.7 Å². The molecule has 1 fully saturated rings. The van der Waals surface area contributed by atoms with Gasteiger partial charge in [-0.3, -0.25) is 4.98 Å². The van der Waals surface area contributed by atoms with Crippen molar-refractivity contribution >= 4 is 9.84 Å². The molecule has 2 atom stereocenters. The van der Waals surface area contributed by atoms with E-state index in [-0.39, 0.29) is 11.4 Å². The largest absolute Gasteiger partial charge is 0.489 e. The van der Waals surface area contributed by atoms with E-state index in [4.69, 9.17) is 4.74 Å². The molecule has 17 heavy (non-hydrogen) atoms. The van der Waals surface area contributed by atoms with Crippen LogP contribution in [0.25, 0.3) is 0 Å². The average molecular weight is 255 g/mol. The number of aromatic nitrogens is 1. The second kappa shape index (κ2) is 5.04. The first-order chi connectivity index (χ1) is 8.05. The molecule has 1 aromatic heterocycles. The lowest BCUT2D eigenvalue weighted by atomic mass is 9.97. The number of sulfone groups is 1. The summed E-state index contributed by atoms with van der Waals surface area (Å²) in [7, 11) is -2.95. The van der Waals surface area contributed by atoms with Crippen LogP contribution in [0.5, 0.6) is 5.75 Å². The topological polar surface area (TPSA) is 56.3 Å². The summed E-state index contributed by atoms with van der Waals surface area (Å²) in [5.41, 5.74) is 0. The Balaban J connectivity index is 1.99. The highest BCUT2D eigenvalue weighted by Crippen LogP contribution is 2.26. The Morgan fingerprint density at radius 3 is 2.88 bits per heavy atom. The van der Waals surface area contributed by atoms with Crippen LogP contribution in [-0.4, -0.2) is 31.0 Å². The van der Waals surface area contributed by atoms with Crippen molar-refractivity contribution in [3.63, 3.8) is 0 Å². The first-order valence-electron chi connectivity index (χ1n) is 5.81. The maximum absolute atomic E-state index is 11.5. The van der Waals surface area contributed by atoms with Gasteiger partial charge in [0.15, 0.2) is 0 Å². The molecule has 0 aliphatic heterocycles. The molecule has 0 bridgehead atoms. The number of pyridine rings is 1. The summed E-state index contributed by atoms with van der Waals surface area (Å²) in [6.07, 6.45) is 7.82. The fourth-order valence-corrected chi connectivity index (χ4v) is 3.37. The first kappa shape index (κ1) is 12.4. The van der Waals surface area contributed by atoms with Gasteiger partial charge in [-0.15, -0.1) is 0 Å². The third-order valence-electron chi connectivity index (χ3n) is 3.12. The Hall–Kier alpha value is -1.10. The fraction of sp³-hybridized carbons (Fsp3) is 0.583. The van der Waals surface area contributed by atoms with E-state index >= 15 is 0 Å². The highest BCUT2D eigenvalue weighted by Gasteiger charge is 2.29. The average Bonchev–Trinajstić information content (AvgIpc) is 2.29. The van der Waals surface area contributed by atoms with E-state index in [1.807, 2.05) is 12.1 Å². The molecular weight excluding hydrogens is 238 g/mol. The van der Waals surface area contributed by atoms with Gasteiger partial charge in [0.25, 0.3) is 0 Å². The molecular formula is C12H17NO3S. The van der Waals surface area contributed by atoms with Gasteiger partial charge in [0.05, 0.1) is 11.4 Å². The summed E-state index contributed by atoms with van der Waals surface area (Å²) in [4.78, 5) is 3.97. The molecule has 5 heteroatoms. The zero-order chi connectivity index (χ0) is 12.3. The van der Waals surface area contributed by atoms with Gasteiger partial charge in [-0.1, -0.05) is 0 Å². The Morgan fingerprint density at radius 1 is 1.41 bits per heavy atom. The number of hydrogen-bond donors (Lipinski definition) is 0. The van der Waals surface area contributed by atoms with E-state index in [1.54, 1.807) is 12.4 Å². The van der Waals surface area contributed by atoms with Gasteiger partial charge in [0, 0.05) is 18.9 Å². The highest BCUT2D eigenvalue weighted by molar-refractivity contribution is 7.91. The van der Waals surface area contributed by atoms with Crippen molar-refractivity contribution in [2.75, 3.05) is 6.26 Å². The van der Waals surface area contributed by atoms with Crippen molar-refractivity contribution < 1.29 is 13.2 Å². The molecule has 0 saturated heterocycles. The van der Waals surface area contributed by atoms with Crippen LogP contribution in [0, 0.1) is 0 Å². The molecule has 4 nitrogen and oxygen atoms in total. The molecule has 1 aromatic rings. The SMILES string of the molecule is CS(=O)(=O)C1CCCC(Oc2cccnc2)C1. The minimum absolute atomic E-state index is 0.00678. The minimum atomic E-state index is -2.95. The van der Waals surface area contributed by atoms with E-state index < -0.39 is 9.84 Å². The predicted molar refractivity (Wildman–Crippen MR) is 65.8 cm³/mol. The number of ether oxygens (including phenoxy) is 1. The van der Waals surface area contributed by atoms with E-state index in [2.05, 4.69) is 4.98 Å². The van der Waals surface area contributed by atoms with Crippen molar-refractivity contribution in [1.29, 1.82) is 0 Å². The normalized spacial score (nSPS) is 25.5. The lowest BCUT2D eigenvalue weighted by molar-refractivity contribution is 0.155. The Morgan fingerprint density at radius 2 is 2.24 bits per heavy atom. The van der Waals surface area contributed by atoms with Gasteiger partial charge in [-0.2, -0.15) is 0 Å². The molecule has 1 heterocycles. The van der Waals surface area contributed by atoms with Crippen LogP contribution in [0.15, 0.2) is 24.5 Å². The van der Waals surface area contributed by atoms with Gasteiger partial charge < -0.3 is 4.74 Å². The summed E-state index contributed by atoms with van der Waals surface area (Å²) < 4.78 is 28.8. The number of hydrogen-bond acceptors (Lipinski definition) is 4. The van der Waals surface area contributed by atoms with Gasteiger partial charge in [-0.05, 0) is 31.4 Å². The molecule has 0 radical (unpaired) electrons. The molecule has 0 N–H and O–H groups in total. The van der Waals surface area contributed by atoms with Gasteiger partial charge >= 0.3 is 0 Å². The summed E-state index contributed by atoms with van der Waals surface area (Å²) in [6, 6.07) is 3.66. The standard InChI is InChI=1S/C12H17NO3S/c1-17(14,15)12-6-2-4-10(8-12)16-11-5-3-7-13-9-11/h3,5,7,9-10,12H,2,4,6,8H2,1H3.